The molecule has 7 heterocycles. The van der Waals surface area contributed by atoms with E-state index in [-0.39, 0.29) is 75.8 Å². The topological polar surface area (TPSA) is 175 Å². The van der Waals surface area contributed by atoms with Crippen LogP contribution in [-0.2, 0) is 145 Å². The van der Waals surface area contributed by atoms with Gasteiger partial charge in [0.1, 0.15) is 23.0 Å². The van der Waals surface area contributed by atoms with Crippen molar-refractivity contribution in [1.29, 1.82) is 0 Å². The Kier molecular flexibility index (Phi) is 39.1. The maximum atomic E-state index is 7.02. The van der Waals surface area contributed by atoms with Gasteiger partial charge in [0.2, 0.25) is 0 Å². The molecule has 6 saturated heterocycles. The van der Waals surface area contributed by atoms with Gasteiger partial charge in [-0.05, 0) is 159 Å². The summed E-state index contributed by atoms with van der Waals surface area (Å²) >= 11 is 0. The predicted molar refractivity (Wildman–Crippen MR) is 582 cm³/mol. The van der Waals surface area contributed by atoms with E-state index in [1.54, 1.807) is 14.2 Å². The number of aryl methyl sites for hydroxylation is 2. The summed E-state index contributed by atoms with van der Waals surface area (Å²) in [5, 5.41) is 0. The Balaban J connectivity index is 0.000000199. The molecule has 0 N–H and O–H groups in total. The molecule has 0 radical (unpaired) electrons. The van der Waals surface area contributed by atoms with Crippen LogP contribution in [-0.4, -0.2) is 100 Å². The largest absolute Gasteiger partial charge is 0.426 e. The average Bonchev–Trinajstić information content (AvgIpc) is 1.64. The van der Waals surface area contributed by atoms with Crippen LogP contribution in [0.5, 0.6) is 23.0 Å². The summed E-state index contributed by atoms with van der Waals surface area (Å²) in [5.74, 6) is 4.05. The third kappa shape index (κ3) is 31.8. The molecular formula is C113H179O19P7. The van der Waals surface area contributed by atoms with Crippen LogP contribution in [0.1, 0.15) is 378 Å². The molecule has 0 aliphatic carbocycles. The van der Waals surface area contributed by atoms with E-state index in [9.17, 15) is 0 Å². The molecule has 7 aliphatic rings. The number of rotatable bonds is 17. The fourth-order valence-corrected chi connectivity index (χ4v) is 26.5. The van der Waals surface area contributed by atoms with Crippen LogP contribution < -0.4 is 18.1 Å². The molecule has 0 saturated carbocycles. The highest BCUT2D eigenvalue weighted by Gasteiger charge is 2.50. The lowest BCUT2D eigenvalue weighted by Gasteiger charge is -2.42. The maximum absolute atomic E-state index is 7.02. The Morgan fingerprint density at radius 3 is 0.763 bits per heavy atom. The van der Waals surface area contributed by atoms with Gasteiger partial charge in [0.05, 0.1) is 102 Å². The Morgan fingerprint density at radius 1 is 0.288 bits per heavy atom. The molecule has 7 aliphatic heterocycles. The highest BCUT2D eigenvalue weighted by atomic mass is 31.2. The number of benzene rings is 6. The third-order valence-electron chi connectivity index (χ3n) is 26.5. The summed E-state index contributed by atoms with van der Waals surface area (Å²) in [6.07, 6.45) is 7.17. The normalized spacial score (nSPS) is 23.7. The smallest absolute Gasteiger partial charge is 0.397 e. The second-order valence-electron chi connectivity index (χ2n) is 52.3. The van der Waals surface area contributed by atoms with Crippen LogP contribution >= 0.6 is 59.8 Å². The van der Waals surface area contributed by atoms with Crippen LogP contribution in [0, 0.1) is 36.0 Å². The zero-order valence-electron chi connectivity index (χ0n) is 93.5. The Hall–Kier alpha value is -3.07. The van der Waals surface area contributed by atoms with Crippen molar-refractivity contribution in [2.75, 3.05) is 100 Å². The fraction of sp³-hybridized carbons (Fsp3) is 0.681. The Bertz CT molecular complexity index is 4630. The zero-order chi connectivity index (χ0) is 104. The van der Waals surface area contributed by atoms with Gasteiger partial charge < -0.3 is 86.0 Å². The van der Waals surface area contributed by atoms with E-state index in [4.69, 9.17) is 86.0 Å². The van der Waals surface area contributed by atoms with Crippen LogP contribution in [0.25, 0.3) is 11.1 Å². The summed E-state index contributed by atoms with van der Waals surface area (Å²) in [5.41, 5.74) is 22.8. The molecule has 139 heavy (non-hydrogen) atoms. The van der Waals surface area contributed by atoms with Gasteiger partial charge in [-0.1, -0.05) is 366 Å². The second-order valence-corrected chi connectivity index (χ2v) is 61.4. The van der Waals surface area contributed by atoms with Gasteiger partial charge >= 0.3 is 51.6 Å². The monoisotopic (exact) mass is 2060 g/mol. The molecule has 0 amide bonds. The molecule has 6 fully saturated rings. The summed E-state index contributed by atoms with van der Waals surface area (Å²) in [6, 6.07) is 32.0. The van der Waals surface area contributed by atoms with Crippen molar-refractivity contribution in [3.63, 3.8) is 0 Å². The summed E-state index contributed by atoms with van der Waals surface area (Å²) < 4.78 is 114. The van der Waals surface area contributed by atoms with Crippen LogP contribution in [0.15, 0.2) is 84.9 Å². The average molecular weight is 2060 g/mol. The minimum atomic E-state index is -1.56. The van der Waals surface area contributed by atoms with Crippen molar-refractivity contribution in [3.8, 4) is 34.1 Å². The molecule has 1 unspecified atom stereocenters. The van der Waals surface area contributed by atoms with Crippen molar-refractivity contribution < 1.29 is 86.0 Å². The molecule has 6 aromatic carbocycles. The van der Waals surface area contributed by atoms with Gasteiger partial charge in [-0.3, -0.25) is 0 Å². The second kappa shape index (κ2) is 46.2. The standard InChI is InChI=1S/C38H61OP.C35H54O6P2.C33H50O6P2.C7H14O6P2/c1-15-17-18-26(16-2)23-39-40-24-31-29(19-27(35(3,4)5)21-33(31)37(9,10)11)30-20-28(36(6,7)8)22-34(32(30)25-40)38(12,13)14;1-23-15-25(31(3,4)5)29(26(16-23)32(6,7)8)40-42-36-19-35(20-37-42)21-38-43(39-22-35)41-30-27(33(9,10)11)17-24(2)18-28(30)34(12,13)14;1-29(2,3)23-13-15-27(25(17-23)31(7,8)9)38-40-34-19-33(20-35-40)21-36-41(37-22-33)39-28-16-14-24(30(4,5)6)18-26(28)32(10,11)12;1-8-14-10-3-7(4-11-14)5-12-15(9-2)13-6-7/h19-22,26H,15-18,23-25H2,1-14H3;15-18H,19-22H2,1-14H3;13-18H,19-22H2,1-12H3;3-6H2,1-2H3. The van der Waals surface area contributed by atoms with Crippen molar-refractivity contribution in [1.82, 2.24) is 0 Å². The van der Waals surface area contributed by atoms with E-state index in [1.165, 1.54) is 115 Å². The number of unbranched alkanes of at least 4 members (excludes halogenated alkanes) is 1. The van der Waals surface area contributed by atoms with Gasteiger partial charge in [-0.2, -0.15) is 0 Å². The molecular weight excluding hydrogens is 1880 g/mol. The molecule has 1 atom stereocenters. The minimum absolute atomic E-state index is 0.0579. The van der Waals surface area contributed by atoms with Crippen molar-refractivity contribution in [3.05, 3.63) is 174 Å². The zero-order valence-corrected chi connectivity index (χ0v) is 99.7. The fourth-order valence-electron chi connectivity index (χ4n) is 17.3. The quantitative estimate of drug-likeness (QED) is 0.0788. The highest BCUT2D eigenvalue weighted by molar-refractivity contribution is 7.51. The lowest BCUT2D eigenvalue weighted by atomic mass is 9.73. The van der Waals surface area contributed by atoms with Crippen LogP contribution in [0.2, 0.25) is 0 Å². The van der Waals surface area contributed by atoms with E-state index in [0.29, 0.717) is 85.2 Å². The first kappa shape index (κ1) is 118. The van der Waals surface area contributed by atoms with Gasteiger partial charge in [-0.25, -0.2) is 0 Å². The molecule has 13 rings (SSSR count). The van der Waals surface area contributed by atoms with E-state index >= 15 is 0 Å². The first-order valence-electron chi connectivity index (χ1n) is 50.4. The SMILES string of the molecule is CC(C)(C)c1ccc(OP2OCC3(CO2)COP(Oc2ccc(C(C)(C)C)cc2C(C)(C)C)OC3)c(C(C)(C)C)c1.CCCCC(CC)COP1Cc2c(cc(C(C)(C)C)cc2C(C)(C)C)-c2cc(C(C)(C)C)cc(C(C)(C)C)c2C1.COP1OCC2(CO1)COP(OC)OC2.Cc1cc(C(C)(C)C)c(OP2OCC3(CO2)COP(Oc2c(C(C)(C)C)cc(C)cc2C(C)(C)C)OC3)c(C(C)(C)C)c1. The Labute approximate surface area is 850 Å². The van der Waals surface area contributed by atoms with Crippen molar-refractivity contribution >= 4 is 59.8 Å². The van der Waals surface area contributed by atoms with Crippen LogP contribution in [0.3, 0.4) is 0 Å². The highest BCUT2D eigenvalue weighted by Crippen LogP contribution is 2.62. The van der Waals surface area contributed by atoms with Gasteiger partial charge in [0, 0.05) is 68.1 Å². The first-order chi connectivity index (χ1) is 63.9. The summed E-state index contributed by atoms with van der Waals surface area (Å²) in [7, 11) is -5.99. The first-order valence-corrected chi connectivity index (χ1v) is 58.6. The predicted octanol–water partition coefficient (Wildman–Crippen LogP) is 34.4. The van der Waals surface area contributed by atoms with E-state index in [0.717, 1.165) is 53.1 Å². The van der Waals surface area contributed by atoms with Gasteiger partial charge in [-0.15, -0.1) is 0 Å². The van der Waals surface area contributed by atoms with Gasteiger partial charge in [0.25, 0.3) is 0 Å². The molecule has 3 spiro atoms. The molecule has 19 nitrogen and oxygen atoms in total. The summed E-state index contributed by atoms with van der Waals surface area (Å²) in [6.45, 7) is 97.3. The van der Waals surface area contributed by atoms with Crippen molar-refractivity contribution in [2.45, 2.75) is 380 Å². The van der Waals surface area contributed by atoms with E-state index in [2.05, 4.69) is 362 Å². The molecule has 6 aromatic rings. The third-order valence-corrected chi connectivity index (χ3v) is 34.4. The van der Waals surface area contributed by atoms with Crippen LogP contribution in [0.4, 0.5) is 0 Å². The molecule has 0 aromatic heterocycles. The maximum Gasteiger partial charge on any atom is 0.397 e. The van der Waals surface area contributed by atoms with Crippen molar-refractivity contribution in [2.24, 2.45) is 22.2 Å². The molecule has 0 bridgehead atoms. The lowest BCUT2D eigenvalue weighted by Crippen LogP contribution is -2.45. The van der Waals surface area contributed by atoms with E-state index in [1.807, 2.05) is 0 Å². The lowest BCUT2D eigenvalue weighted by molar-refractivity contribution is -0.0729. The van der Waals surface area contributed by atoms with Gasteiger partial charge in [0.15, 0.2) is 0 Å². The number of fused-ring (bicyclic) bond motifs is 3. The number of hydrogen-bond donors (Lipinski definition) is 0. The Morgan fingerprint density at radius 2 is 0.532 bits per heavy atom. The van der Waals surface area contributed by atoms with E-state index < -0.39 is 65.2 Å². The molecule has 780 valence electrons. The minimum Gasteiger partial charge on any atom is -0.426 e. The summed E-state index contributed by atoms with van der Waals surface area (Å²) in [4.78, 5) is 0. The molecule has 26 heteroatoms. The number of hydrogen-bond acceptors (Lipinski definition) is 19.